The number of rotatable bonds is 2. The fourth-order valence-corrected chi connectivity index (χ4v) is 2.66. The number of aliphatic hydroxyl groups is 1. The van der Waals surface area contributed by atoms with Gasteiger partial charge < -0.3 is 9.84 Å². The fraction of sp³-hybridized carbons (Fsp3) is 0.571. The number of benzene rings is 1. The highest BCUT2D eigenvalue weighted by Crippen LogP contribution is 2.33. The molecule has 0 heterocycles. The van der Waals surface area contributed by atoms with Crippen LogP contribution in [0.1, 0.15) is 37.3 Å². The molecule has 17 heavy (non-hydrogen) atoms. The molecule has 94 valence electrons. The van der Waals surface area contributed by atoms with Gasteiger partial charge in [0.2, 0.25) is 0 Å². The summed E-state index contributed by atoms with van der Waals surface area (Å²) in [7, 11) is 0. The lowest BCUT2D eigenvalue weighted by Gasteiger charge is -2.18. The van der Waals surface area contributed by atoms with Gasteiger partial charge in [-0.3, -0.25) is 0 Å². The fourth-order valence-electron chi connectivity index (χ4n) is 2.43. The Kier molecular flexibility index (Phi) is 3.50. The van der Waals surface area contributed by atoms with E-state index in [1.807, 2.05) is 19.1 Å². The van der Waals surface area contributed by atoms with Crippen LogP contribution in [0.15, 0.2) is 16.6 Å². The van der Waals surface area contributed by atoms with Crippen molar-refractivity contribution in [2.45, 2.75) is 51.7 Å². The maximum atomic E-state index is 9.91. The van der Waals surface area contributed by atoms with Gasteiger partial charge in [-0.25, -0.2) is 0 Å². The lowest BCUT2D eigenvalue weighted by Crippen LogP contribution is -2.22. The Labute approximate surface area is 111 Å². The van der Waals surface area contributed by atoms with Crippen molar-refractivity contribution in [2.75, 3.05) is 0 Å². The number of aryl methyl sites for hydroxylation is 2. The lowest BCUT2D eigenvalue weighted by molar-refractivity contribution is 0.0543. The summed E-state index contributed by atoms with van der Waals surface area (Å²) in [6.45, 7) is 6.01. The van der Waals surface area contributed by atoms with E-state index in [0.29, 0.717) is 0 Å². The molecule has 0 spiro atoms. The van der Waals surface area contributed by atoms with E-state index < -0.39 is 5.60 Å². The van der Waals surface area contributed by atoms with Crippen molar-refractivity contribution in [1.29, 1.82) is 0 Å². The molecule has 0 aromatic heterocycles. The predicted octanol–water partition coefficient (Wildman–Crippen LogP) is 3.75. The van der Waals surface area contributed by atoms with Crippen molar-refractivity contribution in [2.24, 2.45) is 0 Å². The van der Waals surface area contributed by atoms with E-state index in [2.05, 4.69) is 29.8 Å². The van der Waals surface area contributed by atoms with Crippen LogP contribution in [0, 0.1) is 13.8 Å². The first-order valence-corrected chi connectivity index (χ1v) is 6.82. The number of ether oxygens (including phenoxy) is 1. The van der Waals surface area contributed by atoms with Crippen LogP contribution in [0.5, 0.6) is 5.75 Å². The molecule has 2 unspecified atom stereocenters. The predicted molar refractivity (Wildman–Crippen MR) is 72.5 cm³/mol. The second-order valence-electron chi connectivity index (χ2n) is 5.35. The highest BCUT2D eigenvalue weighted by molar-refractivity contribution is 9.10. The Morgan fingerprint density at radius 1 is 1.35 bits per heavy atom. The smallest absolute Gasteiger partial charge is 0.120 e. The summed E-state index contributed by atoms with van der Waals surface area (Å²) < 4.78 is 7.09. The van der Waals surface area contributed by atoms with Gasteiger partial charge in [-0.05, 0) is 56.9 Å². The van der Waals surface area contributed by atoms with Gasteiger partial charge in [0, 0.05) is 10.9 Å². The Balaban J connectivity index is 2.10. The summed E-state index contributed by atoms with van der Waals surface area (Å²) in [6.07, 6.45) is 2.62. The standard InChI is InChI=1S/C14H19BrO2/c1-9-6-12(7-10(2)13(9)15)17-11-4-5-14(3,16)8-11/h6-7,11,16H,4-5,8H2,1-3H3. The second kappa shape index (κ2) is 4.62. The van der Waals surface area contributed by atoms with Crippen LogP contribution < -0.4 is 4.74 Å². The topological polar surface area (TPSA) is 29.5 Å². The number of hydrogen-bond acceptors (Lipinski definition) is 2. The van der Waals surface area contributed by atoms with Crippen molar-refractivity contribution >= 4 is 15.9 Å². The molecule has 1 saturated carbocycles. The monoisotopic (exact) mass is 298 g/mol. The summed E-state index contributed by atoms with van der Waals surface area (Å²) >= 11 is 3.55. The minimum absolute atomic E-state index is 0.143. The average Bonchev–Trinajstić information content (AvgIpc) is 2.54. The van der Waals surface area contributed by atoms with E-state index in [0.717, 1.165) is 29.5 Å². The maximum Gasteiger partial charge on any atom is 0.120 e. The molecule has 1 aliphatic rings. The average molecular weight is 299 g/mol. The highest BCUT2D eigenvalue weighted by Gasteiger charge is 2.34. The van der Waals surface area contributed by atoms with Crippen LogP contribution in [-0.2, 0) is 0 Å². The normalized spacial score (nSPS) is 28.4. The van der Waals surface area contributed by atoms with Gasteiger partial charge in [-0.1, -0.05) is 15.9 Å². The summed E-state index contributed by atoms with van der Waals surface area (Å²) in [5.74, 6) is 0.908. The Hall–Kier alpha value is -0.540. The zero-order valence-electron chi connectivity index (χ0n) is 10.6. The van der Waals surface area contributed by atoms with Crippen LogP contribution in [0.25, 0.3) is 0 Å². The minimum Gasteiger partial charge on any atom is -0.490 e. The zero-order valence-corrected chi connectivity index (χ0v) is 12.2. The third kappa shape index (κ3) is 3.02. The van der Waals surface area contributed by atoms with Crippen LogP contribution in [-0.4, -0.2) is 16.8 Å². The molecule has 0 saturated heterocycles. The lowest BCUT2D eigenvalue weighted by atomic mass is 10.1. The minimum atomic E-state index is -0.551. The Morgan fingerprint density at radius 3 is 2.41 bits per heavy atom. The van der Waals surface area contributed by atoms with Crippen molar-refractivity contribution in [3.63, 3.8) is 0 Å². The molecule has 1 aromatic carbocycles. The van der Waals surface area contributed by atoms with E-state index in [1.54, 1.807) is 0 Å². The summed E-state index contributed by atoms with van der Waals surface area (Å²) in [5.41, 5.74) is 1.82. The van der Waals surface area contributed by atoms with Crippen molar-refractivity contribution in [1.82, 2.24) is 0 Å². The second-order valence-corrected chi connectivity index (χ2v) is 6.14. The molecule has 0 bridgehead atoms. The number of halogens is 1. The van der Waals surface area contributed by atoms with Crippen LogP contribution in [0.3, 0.4) is 0 Å². The quantitative estimate of drug-likeness (QED) is 0.901. The van der Waals surface area contributed by atoms with E-state index in [1.165, 1.54) is 11.1 Å². The third-order valence-electron chi connectivity index (χ3n) is 3.39. The third-order valence-corrected chi connectivity index (χ3v) is 4.64. The first-order chi connectivity index (χ1) is 7.87. The summed E-state index contributed by atoms with van der Waals surface area (Å²) in [5, 5.41) is 9.91. The first-order valence-electron chi connectivity index (χ1n) is 6.03. The van der Waals surface area contributed by atoms with Crippen LogP contribution in [0.2, 0.25) is 0 Å². The van der Waals surface area contributed by atoms with E-state index in [-0.39, 0.29) is 6.10 Å². The number of hydrogen-bond donors (Lipinski definition) is 1. The summed E-state index contributed by atoms with van der Waals surface area (Å²) in [6, 6.07) is 4.09. The van der Waals surface area contributed by atoms with Gasteiger partial charge in [0.05, 0.1) is 5.60 Å². The molecule has 0 amide bonds. The molecule has 2 nitrogen and oxygen atoms in total. The molecule has 1 N–H and O–H groups in total. The molecule has 0 aliphatic heterocycles. The van der Waals surface area contributed by atoms with Crippen molar-refractivity contribution < 1.29 is 9.84 Å². The molecule has 1 aromatic rings. The molecule has 0 radical (unpaired) electrons. The van der Waals surface area contributed by atoms with Crippen LogP contribution >= 0.6 is 15.9 Å². The van der Waals surface area contributed by atoms with Gasteiger partial charge in [0.1, 0.15) is 11.9 Å². The molecule has 2 atom stereocenters. The van der Waals surface area contributed by atoms with E-state index in [4.69, 9.17) is 4.74 Å². The van der Waals surface area contributed by atoms with Crippen molar-refractivity contribution in [3.8, 4) is 5.75 Å². The Morgan fingerprint density at radius 2 is 1.94 bits per heavy atom. The molecule has 1 aliphatic carbocycles. The van der Waals surface area contributed by atoms with E-state index >= 15 is 0 Å². The highest BCUT2D eigenvalue weighted by atomic mass is 79.9. The van der Waals surface area contributed by atoms with Gasteiger partial charge in [0.15, 0.2) is 0 Å². The molecule has 2 rings (SSSR count). The van der Waals surface area contributed by atoms with Gasteiger partial charge in [0.25, 0.3) is 0 Å². The maximum absolute atomic E-state index is 9.91. The first kappa shape index (κ1) is 12.9. The molecular weight excluding hydrogens is 280 g/mol. The van der Waals surface area contributed by atoms with Gasteiger partial charge in [-0.2, -0.15) is 0 Å². The molecule has 3 heteroatoms. The molecule has 1 fully saturated rings. The van der Waals surface area contributed by atoms with Crippen LogP contribution in [0.4, 0.5) is 0 Å². The van der Waals surface area contributed by atoms with E-state index in [9.17, 15) is 5.11 Å². The Bertz CT molecular complexity index is 403. The SMILES string of the molecule is Cc1cc(OC2CCC(C)(O)C2)cc(C)c1Br. The summed E-state index contributed by atoms with van der Waals surface area (Å²) in [4.78, 5) is 0. The van der Waals surface area contributed by atoms with Gasteiger partial charge in [-0.15, -0.1) is 0 Å². The van der Waals surface area contributed by atoms with Gasteiger partial charge >= 0.3 is 0 Å². The molecular formula is C14H19BrO2. The zero-order chi connectivity index (χ0) is 12.6. The largest absolute Gasteiger partial charge is 0.490 e. The van der Waals surface area contributed by atoms with Crippen molar-refractivity contribution in [3.05, 3.63) is 27.7 Å².